The van der Waals surface area contributed by atoms with E-state index in [1.807, 2.05) is 54.7 Å². The van der Waals surface area contributed by atoms with E-state index in [-0.39, 0.29) is 23.3 Å². The third kappa shape index (κ3) is 6.27. The lowest BCUT2D eigenvalue weighted by atomic mass is 10.0. The second-order valence-corrected chi connectivity index (χ2v) is 17.2. The number of aromatic nitrogens is 1. The van der Waals surface area contributed by atoms with Crippen molar-refractivity contribution in [1.29, 1.82) is 0 Å². The fourth-order valence-corrected chi connectivity index (χ4v) is 5.85. The third-order valence-corrected chi connectivity index (χ3v) is 12.7. The Morgan fingerprint density at radius 1 is 1.05 bits per heavy atom. The predicted octanol–water partition coefficient (Wildman–Crippen LogP) is 6.31. The number of para-hydroxylation sites is 1. The lowest BCUT2D eigenvalue weighted by molar-refractivity contribution is -0.145. The maximum absolute atomic E-state index is 13.3. The van der Waals surface area contributed by atoms with E-state index in [1.54, 1.807) is 0 Å². The quantitative estimate of drug-likeness (QED) is 0.176. The average Bonchev–Trinajstić information content (AvgIpc) is 3.70. The summed E-state index contributed by atoms with van der Waals surface area (Å²) >= 11 is 0. The van der Waals surface area contributed by atoms with E-state index < -0.39 is 32.5 Å². The van der Waals surface area contributed by atoms with Crippen LogP contribution in [0, 0.1) is 0 Å². The summed E-state index contributed by atoms with van der Waals surface area (Å²) in [6.07, 6.45) is 0.577. The van der Waals surface area contributed by atoms with E-state index in [9.17, 15) is 9.59 Å². The topological polar surface area (TPSA) is 91.3 Å². The van der Waals surface area contributed by atoms with Crippen molar-refractivity contribution < 1.29 is 28.2 Å². The molecule has 216 valence electrons. The normalized spacial score (nSPS) is 17.2. The van der Waals surface area contributed by atoms with Crippen LogP contribution in [0.3, 0.4) is 0 Å². The van der Waals surface area contributed by atoms with Gasteiger partial charge in [0.15, 0.2) is 14.4 Å². The van der Waals surface area contributed by atoms with Gasteiger partial charge in [-0.25, -0.2) is 9.59 Å². The molecule has 2 heterocycles. The first-order valence-corrected chi connectivity index (χ1v) is 16.6. The van der Waals surface area contributed by atoms with Gasteiger partial charge in [0.1, 0.15) is 18.8 Å². The molecule has 0 saturated carbocycles. The van der Waals surface area contributed by atoms with Crippen molar-refractivity contribution >= 4 is 31.3 Å². The van der Waals surface area contributed by atoms with Gasteiger partial charge in [0.25, 0.3) is 0 Å². The fraction of sp³-hybridized carbons (Fsp3) is 0.484. The molecular formula is C31H42N2O6Si. The second-order valence-electron chi connectivity index (χ2n) is 12.5. The Labute approximate surface area is 238 Å². The molecule has 1 aromatic heterocycles. The molecule has 1 aliphatic heterocycles. The van der Waals surface area contributed by atoms with E-state index in [0.29, 0.717) is 6.61 Å². The molecule has 4 rings (SSSR count). The zero-order valence-electron chi connectivity index (χ0n) is 24.8. The first-order chi connectivity index (χ1) is 18.8. The molecule has 1 N–H and O–H groups in total. The number of nitrogens with zero attached hydrogens (tertiary/aromatic N) is 1. The molecule has 1 fully saturated rings. The Balaban J connectivity index is 1.78. The standard InChI is InChI=1S/C31H42N2O6Si/c1-30(2,3)40(7,8)39-27(26(28(34)36-6)32-29(35)38-19-21-14-10-9-11-15-21)23-18-33(31(4,5)25-20-37-25)24-17-13-12-16-22(23)24/h9-18,25-27H,19-20H2,1-8H3,(H,32,35)/t25-,26-,27+/m0/s1. The summed E-state index contributed by atoms with van der Waals surface area (Å²) < 4.78 is 25.6. The van der Waals surface area contributed by atoms with Gasteiger partial charge in [-0.15, -0.1) is 0 Å². The minimum absolute atomic E-state index is 0.0726. The molecule has 1 aliphatic rings. The number of ether oxygens (including phenoxy) is 3. The van der Waals surface area contributed by atoms with Crippen LogP contribution in [0.5, 0.6) is 0 Å². The molecule has 0 bridgehead atoms. The summed E-state index contributed by atoms with van der Waals surface area (Å²) in [5, 5.41) is 3.57. The highest BCUT2D eigenvalue weighted by Crippen LogP contribution is 2.44. The van der Waals surface area contributed by atoms with Crippen molar-refractivity contribution in [2.45, 2.75) is 83.1 Å². The van der Waals surface area contributed by atoms with Crippen LogP contribution in [0.1, 0.15) is 51.8 Å². The number of esters is 1. The van der Waals surface area contributed by atoms with Gasteiger partial charge in [-0.1, -0.05) is 69.3 Å². The van der Waals surface area contributed by atoms with E-state index in [0.717, 1.165) is 22.0 Å². The van der Waals surface area contributed by atoms with E-state index >= 15 is 0 Å². The monoisotopic (exact) mass is 566 g/mol. The Morgan fingerprint density at radius 2 is 1.68 bits per heavy atom. The maximum Gasteiger partial charge on any atom is 0.408 e. The first kappa shape index (κ1) is 29.8. The van der Waals surface area contributed by atoms with E-state index in [1.165, 1.54) is 7.11 Å². The van der Waals surface area contributed by atoms with Crippen molar-refractivity contribution in [3.05, 3.63) is 71.9 Å². The number of carbonyl (C=O) groups is 2. The van der Waals surface area contributed by atoms with Crippen LogP contribution in [-0.2, 0) is 35.6 Å². The molecule has 3 atom stereocenters. The average molecular weight is 567 g/mol. The van der Waals surface area contributed by atoms with Gasteiger partial charge in [0.05, 0.1) is 19.3 Å². The summed E-state index contributed by atoms with van der Waals surface area (Å²) in [5.41, 5.74) is 2.31. The van der Waals surface area contributed by atoms with E-state index in [4.69, 9.17) is 18.6 Å². The Kier molecular flexibility index (Phi) is 8.49. The number of carbonyl (C=O) groups excluding carboxylic acids is 2. The Bertz CT molecular complexity index is 1340. The number of nitrogens with one attached hydrogen (secondary N) is 1. The lowest BCUT2D eigenvalue weighted by Crippen LogP contribution is -2.51. The van der Waals surface area contributed by atoms with Crippen molar-refractivity contribution in [1.82, 2.24) is 9.88 Å². The summed E-state index contributed by atoms with van der Waals surface area (Å²) in [6.45, 7) is 15.7. The van der Waals surface area contributed by atoms with Gasteiger partial charge in [0, 0.05) is 22.7 Å². The molecule has 40 heavy (non-hydrogen) atoms. The number of amides is 1. The molecule has 0 radical (unpaired) electrons. The highest BCUT2D eigenvalue weighted by atomic mass is 28.4. The second kappa shape index (κ2) is 11.4. The zero-order valence-corrected chi connectivity index (χ0v) is 25.8. The molecule has 1 saturated heterocycles. The van der Waals surface area contributed by atoms with E-state index in [2.05, 4.69) is 63.7 Å². The van der Waals surface area contributed by atoms with Crippen molar-refractivity contribution in [2.75, 3.05) is 13.7 Å². The highest BCUT2D eigenvalue weighted by molar-refractivity contribution is 6.74. The van der Waals surface area contributed by atoms with Crippen LogP contribution < -0.4 is 5.32 Å². The molecule has 0 aliphatic carbocycles. The van der Waals surface area contributed by atoms with Gasteiger partial charge in [-0.05, 0) is 43.6 Å². The SMILES string of the molecule is COC(=O)[C@@H](NC(=O)OCc1ccccc1)[C@H](O[Si](C)(C)C(C)(C)C)c1cn(C(C)(C)[C@@H]2CO2)c2ccccc12. The number of rotatable bonds is 10. The summed E-state index contributed by atoms with van der Waals surface area (Å²) in [7, 11) is -1.15. The number of hydrogen-bond donors (Lipinski definition) is 1. The van der Waals surface area contributed by atoms with Crippen molar-refractivity contribution in [3.63, 3.8) is 0 Å². The minimum atomic E-state index is -2.46. The third-order valence-electron chi connectivity index (χ3n) is 8.26. The Morgan fingerprint density at radius 3 is 2.27 bits per heavy atom. The van der Waals surface area contributed by atoms with Crippen LogP contribution in [-0.4, -0.2) is 50.8 Å². The molecular weight excluding hydrogens is 524 g/mol. The Hall–Kier alpha value is -3.14. The zero-order chi connectivity index (χ0) is 29.3. The molecule has 1 amide bonds. The summed E-state index contributed by atoms with van der Waals surface area (Å²) in [5.74, 6) is -0.609. The van der Waals surface area contributed by atoms with Crippen LogP contribution in [0.15, 0.2) is 60.8 Å². The molecule has 2 aromatic carbocycles. The van der Waals surface area contributed by atoms with Gasteiger partial charge in [-0.3, -0.25) is 0 Å². The maximum atomic E-state index is 13.3. The molecule has 0 unspecified atom stereocenters. The molecule has 0 spiro atoms. The number of fused-ring (bicyclic) bond motifs is 1. The molecule has 8 nitrogen and oxygen atoms in total. The lowest BCUT2D eigenvalue weighted by Gasteiger charge is -2.41. The molecule has 3 aromatic rings. The van der Waals surface area contributed by atoms with Crippen LogP contribution >= 0.6 is 0 Å². The van der Waals surface area contributed by atoms with Crippen molar-refractivity contribution in [2.24, 2.45) is 0 Å². The van der Waals surface area contributed by atoms with Gasteiger partial charge in [-0.2, -0.15) is 0 Å². The van der Waals surface area contributed by atoms with Crippen molar-refractivity contribution in [3.8, 4) is 0 Å². The summed E-state index contributed by atoms with van der Waals surface area (Å²) in [6, 6.07) is 16.3. The number of alkyl carbamates (subject to hydrolysis) is 1. The highest BCUT2D eigenvalue weighted by Gasteiger charge is 2.46. The fourth-order valence-electron chi connectivity index (χ4n) is 4.60. The number of benzene rings is 2. The number of epoxide rings is 1. The summed E-state index contributed by atoms with van der Waals surface area (Å²) in [4.78, 5) is 26.4. The van der Waals surface area contributed by atoms with Crippen LogP contribution in [0.2, 0.25) is 18.1 Å². The van der Waals surface area contributed by atoms with Crippen LogP contribution in [0.25, 0.3) is 10.9 Å². The number of hydrogen-bond acceptors (Lipinski definition) is 6. The van der Waals surface area contributed by atoms with Gasteiger partial charge < -0.3 is 28.5 Å². The first-order valence-electron chi connectivity index (χ1n) is 13.7. The predicted molar refractivity (Wildman–Crippen MR) is 158 cm³/mol. The van der Waals surface area contributed by atoms with Gasteiger partial charge >= 0.3 is 12.1 Å². The van der Waals surface area contributed by atoms with Gasteiger partial charge in [0.2, 0.25) is 0 Å². The molecule has 9 heteroatoms. The minimum Gasteiger partial charge on any atom is -0.467 e. The number of methoxy groups -OCH3 is 1. The largest absolute Gasteiger partial charge is 0.467 e. The smallest absolute Gasteiger partial charge is 0.408 e. The van der Waals surface area contributed by atoms with Crippen LogP contribution in [0.4, 0.5) is 4.79 Å².